The second-order valence-corrected chi connectivity index (χ2v) is 7.63. The number of amides is 2. The molecule has 3 aromatic rings. The number of nitrogens with zero attached hydrogens (tertiary/aromatic N) is 5. The summed E-state index contributed by atoms with van der Waals surface area (Å²) in [6, 6.07) is 9.03. The van der Waals surface area contributed by atoms with Gasteiger partial charge in [0, 0.05) is 43.8 Å². The van der Waals surface area contributed by atoms with Crippen molar-refractivity contribution in [3.05, 3.63) is 65.7 Å². The summed E-state index contributed by atoms with van der Waals surface area (Å²) in [5, 5.41) is 11.7. The van der Waals surface area contributed by atoms with Crippen LogP contribution in [0.4, 0.5) is 5.69 Å². The smallest absolute Gasteiger partial charge is 0.274 e. The average molecular weight is 390 g/mol. The first kappa shape index (κ1) is 17.7. The highest BCUT2D eigenvalue weighted by atomic mass is 16.2. The zero-order chi connectivity index (χ0) is 20.2. The Morgan fingerprint density at radius 2 is 2.14 bits per heavy atom. The third kappa shape index (κ3) is 2.45. The predicted octanol–water partition coefficient (Wildman–Crippen LogP) is 2.11. The first-order chi connectivity index (χ1) is 14.0. The van der Waals surface area contributed by atoms with Crippen LogP contribution < -0.4 is 5.32 Å². The van der Waals surface area contributed by atoms with Crippen LogP contribution in [0, 0.1) is 0 Å². The monoisotopic (exact) mass is 390 g/mol. The molecule has 1 aromatic carbocycles. The number of benzene rings is 1. The van der Waals surface area contributed by atoms with E-state index in [-0.39, 0.29) is 11.8 Å². The molecule has 5 rings (SSSR count). The third-order valence-electron chi connectivity index (χ3n) is 6.07. The molecule has 0 radical (unpaired) electrons. The Morgan fingerprint density at radius 3 is 2.86 bits per heavy atom. The average Bonchev–Trinajstić information content (AvgIpc) is 3.49. The maximum Gasteiger partial charge on any atom is 0.274 e. The Kier molecular flexibility index (Phi) is 3.84. The van der Waals surface area contributed by atoms with Gasteiger partial charge in [-0.05, 0) is 31.0 Å². The first-order valence-corrected chi connectivity index (χ1v) is 9.78. The molecule has 2 aromatic heterocycles. The van der Waals surface area contributed by atoms with Crippen LogP contribution in [0.25, 0.3) is 0 Å². The molecule has 0 bridgehead atoms. The Labute approximate surface area is 168 Å². The molecule has 1 saturated heterocycles. The van der Waals surface area contributed by atoms with Gasteiger partial charge in [-0.1, -0.05) is 18.2 Å². The number of hydrogen-bond acceptors (Lipinski definition) is 4. The van der Waals surface area contributed by atoms with Gasteiger partial charge in [0.05, 0.1) is 12.2 Å². The largest absolute Gasteiger partial charge is 0.329 e. The van der Waals surface area contributed by atoms with Gasteiger partial charge in [0.1, 0.15) is 11.1 Å². The number of anilines is 1. The maximum absolute atomic E-state index is 13.4. The number of likely N-dealkylation sites (tertiary alicyclic amines) is 1. The van der Waals surface area contributed by atoms with Gasteiger partial charge < -0.3 is 10.2 Å². The number of nitrogens with one attached hydrogen (secondary N) is 1. The number of rotatable bonds is 3. The van der Waals surface area contributed by atoms with E-state index in [0.717, 1.165) is 16.8 Å². The molecule has 148 valence electrons. The molecule has 2 aliphatic heterocycles. The lowest BCUT2D eigenvalue weighted by molar-refractivity contribution is -0.121. The molecule has 2 amide bonds. The quantitative estimate of drug-likeness (QED) is 0.742. The van der Waals surface area contributed by atoms with Crippen LogP contribution in [0.2, 0.25) is 0 Å². The van der Waals surface area contributed by atoms with Gasteiger partial charge in [-0.2, -0.15) is 10.2 Å². The fraction of sp³-hybridized carbons (Fsp3) is 0.333. The van der Waals surface area contributed by atoms with Crippen LogP contribution in [-0.4, -0.2) is 42.8 Å². The molecule has 1 spiro atoms. The van der Waals surface area contributed by atoms with E-state index in [1.165, 1.54) is 0 Å². The van der Waals surface area contributed by atoms with E-state index in [1.54, 1.807) is 32.7 Å². The SMILES string of the molecule is CCn1ccc(C(=O)N2CC[C@]3(C(=O)Nc4ccccc43)[C@@H]2c2cnn(C)c2)n1. The highest BCUT2D eigenvalue weighted by Gasteiger charge is 2.59. The Morgan fingerprint density at radius 1 is 1.31 bits per heavy atom. The lowest BCUT2D eigenvalue weighted by Gasteiger charge is -2.33. The van der Waals surface area contributed by atoms with E-state index >= 15 is 0 Å². The number of hydrogen-bond donors (Lipinski definition) is 1. The van der Waals surface area contributed by atoms with E-state index in [2.05, 4.69) is 15.5 Å². The fourth-order valence-corrected chi connectivity index (χ4v) is 4.75. The van der Waals surface area contributed by atoms with Crippen LogP contribution in [0.1, 0.15) is 41.0 Å². The Bertz CT molecular complexity index is 1120. The summed E-state index contributed by atoms with van der Waals surface area (Å²) < 4.78 is 3.43. The molecule has 0 aliphatic carbocycles. The van der Waals surface area contributed by atoms with Crippen LogP contribution in [-0.2, 0) is 23.8 Å². The number of fused-ring (bicyclic) bond motifs is 2. The predicted molar refractivity (Wildman–Crippen MR) is 106 cm³/mol. The summed E-state index contributed by atoms with van der Waals surface area (Å²) in [6.45, 7) is 3.14. The highest BCUT2D eigenvalue weighted by molar-refractivity contribution is 6.08. The van der Waals surface area contributed by atoms with Crippen molar-refractivity contribution in [2.75, 3.05) is 11.9 Å². The molecule has 2 atom stereocenters. The molecule has 1 N–H and O–H groups in total. The van der Waals surface area contributed by atoms with Crippen molar-refractivity contribution in [2.24, 2.45) is 7.05 Å². The summed E-state index contributed by atoms with van der Waals surface area (Å²) in [5.74, 6) is -0.234. The number of para-hydroxylation sites is 1. The van der Waals surface area contributed by atoms with Crippen molar-refractivity contribution in [2.45, 2.75) is 31.3 Å². The minimum Gasteiger partial charge on any atom is -0.329 e. The molecular formula is C21H22N6O2. The number of carbonyl (C=O) groups excluding carboxylic acids is 2. The van der Waals surface area contributed by atoms with Crippen molar-refractivity contribution in [3.63, 3.8) is 0 Å². The Balaban J connectivity index is 1.64. The van der Waals surface area contributed by atoms with Crippen molar-refractivity contribution < 1.29 is 9.59 Å². The summed E-state index contributed by atoms with van der Waals surface area (Å²) in [6.07, 6.45) is 5.99. The van der Waals surface area contributed by atoms with E-state index in [0.29, 0.717) is 25.2 Å². The number of aryl methyl sites for hydroxylation is 2. The third-order valence-corrected chi connectivity index (χ3v) is 6.07. The summed E-state index contributed by atoms with van der Waals surface area (Å²) in [5.41, 5.74) is 2.16. The highest BCUT2D eigenvalue weighted by Crippen LogP contribution is 2.54. The van der Waals surface area contributed by atoms with Gasteiger partial charge in [0.15, 0.2) is 0 Å². The van der Waals surface area contributed by atoms with Crippen molar-refractivity contribution >= 4 is 17.5 Å². The van der Waals surface area contributed by atoms with Crippen molar-refractivity contribution in [1.29, 1.82) is 0 Å². The lowest BCUT2D eigenvalue weighted by Crippen LogP contribution is -2.42. The maximum atomic E-state index is 13.4. The zero-order valence-corrected chi connectivity index (χ0v) is 16.4. The zero-order valence-electron chi connectivity index (χ0n) is 16.4. The standard InChI is InChI=1S/C21H22N6O2/c1-3-26-10-8-17(24-26)19(28)27-11-9-21(18(27)14-12-22-25(2)13-14)15-6-4-5-7-16(15)23-20(21)29/h4-8,10,12-13,18H,3,9,11H2,1-2H3,(H,23,29)/t18-,21+/m0/s1. The molecule has 0 unspecified atom stereocenters. The molecule has 1 fully saturated rings. The lowest BCUT2D eigenvalue weighted by atomic mass is 9.73. The van der Waals surface area contributed by atoms with Gasteiger partial charge in [-0.25, -0.2) is 0 Å². The van der Waals surface area contributed by atoms with E-state index in [9.17, 15) is 9.59 Å². The van der Waals surface area contributed by atoms with E-state index in [4.69, 9.17) is 0 Å². The van der Waals surface area contributed by atoms with Crippen molar-refractivity contribution in [1.82, 2.24) is 24.5 Å². The first-order valence-electron chi connectivity index (χ1n) is 9.78. The van der Waals surface area contributed by atoms with Crippen LogP contribution in [0.5, 0.6) is 0 Å². The van der Waals surface area contributed by atoms with Crippen LogP contribution >= 0.6 is 0 Å². The van der Waals surface area contributed by atoms with Gasteiger partial charge in [0.2, 0.25) is 5.91 Å². The number of aromatic nitrogens is 4. The molecule has 4 heterocycles. The minimum atomic E-state index is -0.831. The molecule has 8 heteroatoms. The topological polar surface area (TPSA) is 85.0 Å². The fourth-order valence-electron chi connectivity index (χ4n) is 4.75. The van der Waals surface area contributed by atoms with Gasteiger partial charge in [-0.3, -0.25) is 19.0 Å². The molecule has 0 saturated carbocycles. The van der Waals surface area contributed by atoms with Gasteiger partial charge >= 0.3 is 0 Å². The van der Waals surface area contributed by atoms with Gasteiger partial charge in [0.25, 0.3) is 5.91 Å². The summed E-state index contributed by atoms with van der Waals surface area (Å²) >= 11 is 0. The molecule has 29 heavy (non-hydrogen) atoms. The second-order valence-electron chi connectivity index (χ2n) is 7.63. The number of carbonyl (C=O) groups is 2. The van der Waals surface area contributed by atoms with Gasteiger partial charge in [-0.15, -0.1) is 0 Å². The van der Waals surface area contributed by atoms with Crippen LogP contribution in [0.3, 0.4) is 0 Å². The molecular weight excluding hydrogens is 368 g/mol. The normalized spacial score (nSPS) is 22.9. The molecule has 2 aliphatic rings. The van der Waals surface area contributed by atoms with E-state index in [1.807, 2.05) is 44.4 Å². The van der Waals surface area contributed by atoms with Crippen LogP contribution in [0.15, 0.2) is 48.9 Å². The molecule has 8 nitrogen and oxygen atoms in total. The van der Waals surface area contributed by atoms with E-state index < -0.39 is 11.5 Å². The Hall–Kier alpha value is -3.42. The minimum absolute atomic E-state index is 0.0676. The van der Waals surface area contributed by atoms with Crippen molar-refractivity contribution in [3.8, 4) is 0 Å². The summed E-state index contributed by atoms with van der Waals surface area (Å²) in [7, 11) is 1.84. The second kappa shape index (κ2) is 6.30. The summed E-state index contributed by atoms with van der Waals surface area (Å²) in [4.78, 5) is 28.5.